The maximum Gasteiger partial charge on any atom is 0.166 e. The van der Waals surface area contributed by atoms with Crippen molar-refractivity contribution in [1.82, 2.24) is 0 Å². The number of rotatable bonds is 3. The van der Waals surface area contributed by atoms with E-state index >= 15 is 0 Å². The van der Waals surface area contributed by atoms with E-state index in [0.717, 1.165) is 16.9 Å². The van der Waals surface area contributed by atoms with Crippen LogP contribution in [0, 0.1) is 5.92 Å². The summed E-state index contributed by atoms with van der Waals surface area (Å²) in [5, 5.41) is 0. The van der Waals surface area contributed by atoms with Crippen LogP contribution >= 0.6 is 0 Å². The van der Waals surface area contributed by atoms with Crippen LogP contribution in [-0.4, -0.2) is 19.6 Å². The summed E-state index contributed by atoms with van der Waals surface area (Å²) in [6.45, 7) is -0.429. The van der Waals surface area contributed by atoms with Crippen molar-refractivity contribution in [3.63, 3.8) is 0 Å². The molecule has 2 rings (SSSR count). The summed E-state index contributed by atoms with van der Waals surface area (Å²) in [5.74, 6) is 0.657. The van der Waals surface area contributed by atoms with Gasteiger partial charge in [0.15, 0.2) is 5.78 Å². The van der Waals surface area contributed by atoms with E-state index in [1.54, 1.807) is 19.2 Å². The highest BCUT2D eigenvalue weighted by Gasteiger charge is 2.30. The Balaban J connectivity index is 2.28. The van der Waals surface area contributed by atoms with E-state index < -0.39 is 6.67 Å². The lowest BCUT2D eigenvalue weighted by Gasteiger charge is -2.02. The molecule has 80 valence electrons. The first-order valence-corrected chi connectivity index (χ1v) is 5.03. The van der Waals surface area contributed by atoms with Gasteiger partial charge in [-0.1, -0.05) is 0 Å². The Morgan fingerprint density at radius 1 is 1.53 bits per heavy atom. The van der Waals surface area contributed by atoms with Crippen LogP contribution in [0.25, 0.3) is 0 Å². The monoisotopic (exact) mass is 208 g/mol. The van der Waals surface area contributed by atoms with Crippen molar-refractivity contribution < 1.29 is 13.9 Å². The van der Waals surface area contributed by atoms with Crippen molar-refractivity contribution >= 4 is 5.78 Å². The third-order valence-corrected chi connectivity index (χ3v) is 2.87. The van der Waals surface area contributed by atoms with Gasteiger partial charge in [0.25, 0.3) is 0 Å². The number of methoxy groups -OCH3 is 1. The fourth-order valence-corrected chi connectivity index (χ4v) is 2.05. The standard InChI is InChI=1S/C12H13FO2/c1-15-10-2-3-11-9(7-10)6-8(4-5-13)12(11)14/h2-3,7-8H,4-6H2,1H3. The predicted octanol–water partition coefficient (Wildman–Crippen LogP) is 2.41. The molecule has 0 aliphatic heterocycles. The van der Waals surface area contributed by atoms with E-state index in [4.69, 9.17) is 4.74 Å². The molecule has 1 aromatic rings. The van der Waals surface area contributed by atoms with Crippen LogP contribution < -0.4 is 4.74 Å². The largest absolute Gasteiger partial charge is 0.497 e. The van der Waals surface area contributed by atoms with Crippen LogP contribution in [0.1, 0.15) is 22.3 Å². The van der Waals surface area contributed by atoms with Crippen LogP contribution in [0.4, 0.5) is 4.39 Å². The first-order chi connectivity index (χ1) is 7.26. The molecule has 1 aliphatic carbocycles. The molecule has 3 heteroatoms. The summed E-state index contributed by atoms with van der Waals surface area (Å²) >= 11 is 0. The minimum Gasteiger partial charge on any atom is -0.497 e. The summed E-state index contributed by atoms with van der Waals surface area (Å²) < 4.78 is 17.3. The number of Topliss-reactive ketones (excluding diaryl/α,β-unsaturated/α-hetero) is 1. The highest BCUT2D eigenvalue weighted by Crippen LogP contribution is 2.31. The molecule has 0 radical (unpaired) electrons. The van der Waals surface area contributed by atoms with Crippen LogP contribution in [0.15, 0.2) is 18.2 Å². The van der Waals surface area contributed by atoms with Crippen LogP contribution in [-0.2, 0) is 6.42 Å². The lowest BCUT2D eigenvalue weighted by atomic mass is 10.0. The van der Waals surface area contributed by atoms with E-state index in [0.29, 0.717) is 12.8 Å². The van der Waals surface area contributed by atoms with Crippen molar-refractivity contribution in [3.8, 4) is 5.75 Å². The number of carbonyl (C=O) groups excluding carboxylic acids is 1. The van der Waals surface area contributed by atoms with Gasteiger partial charge < -0.3 is 4.74 Å². The molecule has 2 nitrogen and oxygen atoms in total. The number of ketones is 1. The zero-order valence-corrected chi connectivity index (χ0v) is 8.63. The van der Waals surface area contributed by atoms with E-state index in [1.807, 2.05) is 6.07 Å². The number of fused-ring (bicyclic) bond motifs is 1. The molecule has 0 heterocycles. The second kappa shape index (κ2) is 4.01. The minimum atomic E-state index is -0.429. The van der Waals surface area contributed by atoms with E-state index in [1.165, 1.54) is 0 Å². The molecule has 1 atom stereocenters. The molecule has 0 amide bonds. The number of hydrogen-bond donors (Lipinski definition) is 0. The Kier molecular flexibility index (Phi) is 2.71. The Morgan fingerprint density at radius 3 is 3.00 bits per heavy atom. The molecular weight excluding hydrogens is 195 g/mol. The summed E-state index contributed by atoms with van der Waals surface area (Å²) in [6.07, 6.45) is 0.977. The third kappa shape index (κ3) is 1.74. The van der Waals surface area contributed by atoms with Crippen molar-refractivity contribution in [3.05, 3.63) is 29.3 Å². The summed E-state index contributed by atoms with van der Waals surface area (Å²) in [5.41, 5.74) is 1.71. The normalized spacial score (nSPS) is 19.1. The van der Waals surface area contributed by atoms with Gasteiger partial charge in [-0.3, -0.25) is 9.18 Å². The van der Waals surface area contributed by atoms with Crippen LogP contribution in [0.2, 0.25) is 0 Å². The number of hydrogen-bond acceptors (Lipinski definition) is 2. The maximum absolute atomic E-state index is 12.2. The van der Waals surface area contributed by atoms with Gasteiger partial charge in [-0.2, -0.15) is 0 Å². The Morgan fingerprint density at radius 2 is 2.33 bits per heavy atom. The first-order valence-electron chi connectivity index (χ1n) is 5.03. The smallest absolute Gasteiger partial charge is 0.166 e. The molecule has 1 aromatic carbocycles. The van der Waals surface area contributed by atoms with E-state index in [9.17, 15) is 9.18 Å². The zero-order valence-electron chi connectivity index (χ0n) is 8.63. The lowest BCUT2D eigenvalue weighted by Crippen LogP contribution is -2.09. The van der Waals surface area contributed by atoms with E-state index in [-0.39, 0.29) is 11.7 Å². The van der Waals surface area contributed by atoms with Crippen molar-refractivity contribution in [1.29, 1.82) is 0 Å². The van der Waals surface area contributed by atoms with Crippen molar-refractivity contribution in [2.45, 2.75) is 12.8 Å². The van der Waals surface area contributed by atoms with Crippen molar-refractivity contribution in [2.75, 3.05) is 13.8 Å². The fraction of sp³-hybridized carbons (Fsp3) is 0.417. The van der Waals surface area contributed by atoms with Gasteiger partial charge in [0, 0.05) is 11.5 Å². The fourth-order valence-electron chi connectivity index (χ4n) is 2.05. The highest BCUT2D eigenvalue weighted by atomic mass is 19.1. The Hall–Kier alpha value is -1.38. The molecule has 0 saturated carbocycles. The molecular formula is C12H13FO2. The highest BCUT2D eigenvalue weighted by molar-refractivity contribution is 6.02. The van der Waals surface area contributed by atoms with Gasteiger partial charge in [0.1, 0.15) is 5.75 Å². The average molecular weight is 208 g/mol. The predicted molar refractivity (Wildman–Crippen MR) is 55.1 cm³/mol. The molecule has 1 unspecified atom stereocenters. The number of benzene rings is 1. The van der Waals surface area contributed by atoms with E-state index in [2.05, 4.69) is 0 Å². The Bertz CT molecular complexity index is 387. The van der Waals surface area contributed by atoms with Gasteiger partial charge in [0.05, 0.1) is 13.8 Å². The molecule has 0 spiro atoms. The molecule has 0 aromatic heterocycles. The van der Waals surface area contributed by atoms with Gasteiger partial charge in [-0.05, 0) is 36.6 Å². The molecule has 0 bridgehead atoms. The molecule has 0 saturated heterocycles. The maximum atomic E-state index is 12.2. The zero-order chi connectivity index (χ0) is 10.8. The molecule has 0 N–H and O–H groups in total. The van der Waals surface area contributed by atoms with Crippen molar-refractivity contribution in [2.24, 2.45) is 5.92 Å². The van der Waals surface area contributed by atoms with Gasteiger partial charge in [-0.25, -0.2) is 0 Å². The summed E-state index contributed by atoms with van der Waals surface area (Å²) in [4.78, 5) is 11.8. The van der Waals surface area contributed by atoms with Gasteiger partial charge in [-0.15, -0.1) is 0 Å². The lowest BCUT2D eigenvalue weighted by molar-refractivity contribution is 0.0925. The number of halogens is 1. The summed E-state index contributed by atoms with van der Waals surface area (Å²) in [7, 11) is 1.59. The average Bonchev–Trinajstić information content (AvgIpc) is 2.56. The minimum absolute atomic E-state index is 0.0744. The second-order valence-electron chi connectivity index (χ2n) is 3.77. The quantitative estimate of drug-likeness (QED) is 0.762. The molecule has 1 aliphatic rings. The van der Waals surface area contributed by atoms with Gasteiger partial charge in [0.2, 0.25) is 0 Å². The summed E-state index contributed by atoms with van der Waals surface area (Å²) in [6, 6.07) is 5.41. The number of carbonyl (C=O) groups is 1. The molecule has 15 heavy (non-hydrogen) atoms. The SMILES string of the molecule is COc1ccc2c(c1)CC(CCF)C2=O. The number of ether oxygens (including phenoxy) is 1. The third-order valence-electron chi connectivity index (χ3n) is 2.87. The van der Waals surface area contributed by atoms with Crippen LogP contribution in [0.5, 0.6) is 5.75 Å². The Labute approximate surface area is 88.1 Å². The first kappa shape index (κ1) is 10.1. The second-order valence-corrected chi connectivity index (χ2v) is 3.77. The topological polar surface area (TPSA) is 26.3 Å². The van der Waals surface area contributed by atoms with Gasteiger partial charge >= 0.3 is 0 Å². The molecule has 0 fully saturated rings. The van der Waals surface area contributed by atoms with Crippen LogP contribution in [0.3, 0.4) is 0 Å². The number of alkyl halides is 1.